The maximum atomic E-state index is 12.0. The summed E-state index contributed by atoms with van der Waals surface area (Å²) in [4.78, 5) is 19.0. The van der Waals surface area contributed by atoms with Gasteiger partial charge in [-0.05, 0) is 49.6 Å². The second kappa shape index (κ2) is 6.49. The number of hydrogen-bond acceptors (Lipinski definition) is 5. The van der Waals surface area contributed by atoms with Crippen LogP contribution in [0.15, 0.2) is 32.7 Å². The molecule has 1 saturated heterocycles. The third-order valence-corrected chi connectivity index (χ3v) is 4.78. The first-order valence-corrected chi connectivity index (χ1v) is 8.03. The topological polar surface area (TPSA) is 66.0 Å². The van der Waals surface area contributed by atoms with E-state index in [1.54, 1.807) is 18.4 Å². The summed E-state index contributed by atoms with van der Waals surface area (Å²) in [7, 11) is 0. The number of amidine groups is 1. The molecule has 2 aliphatic heterocycles. The van der Waals surface area contributed by atoms with Gasteiger partial charge < -0.3 is 14.4 Å². The molecule has 0 spiro atoms. The van der Waals surface area contributed by atoms with Crippen LogP contribution < -0.4 is 0 Å². The molecule has 5 nitrogen and oxygen atoms in total. The lowest BCUT2D eigenvalue weighted by Crippen LogP contribution is -2.42. The molecule has 1 fully saturated rings. The molecule has 2 aliphatic rings. The number of furan rings is 1. The molecule has 0 saturated carbocycles. The van der Waals surface area contributed by atoms with Gasteiger partial charge in [-0.3, -0.25) is 4.79 Å². The Hall–Kier alpha value is -1.53. The number of hydrogen-bond donors (Lipinski definition) is 1. The van der Waals surface area contributed by atoms with Gasteiger partial charge in [0.15, 0.2) is 5.17 Å². The molecule has 1 aromatic heterocycles. The lowest BCUT2D eigenvalue weighted by Gasteiger charge is -2.36. The van der Waals surface area contributed by atoms with Crippen molar-refractivity contribution in [1.82, 2.24) is 4.90 Å². The largest absolute Gasteiger partial charge is 0.465 e. The minimum Gasteiger partial charge on any atom is -0.465 e. The first-order valence-electron chi connectivity index (χ1n) is 7.21. The van der Waals surface area contributed by atoms with Crippen LogP contribution in [0.1, 0.15) is 31.4 Å². The molecular weight excluding hydrogens is 288 g/mol. The number of aliphatic imine (C=N–C) groups is 1. The van der Waals surface area contributed by atoms with Crippen molar-refractivity contribution in [2.75, 3.05) is 13.2 Å². The number of amides is 1. The molecule has 6 heteroatoms. The number of nitrogens with zero attached hydrogens (tertiary/aromatic N) is 2. The number of carbonyl (C=O) groups excluding carboxylic acids is 1. The highest BCUT2D eigenvalue weighted by molar-refractivity contribution is 8.18. The van der Waals surface area contributed by atoms with Crippen LogP contribution in [0.2, 0.25) is 0 Å². The molecule has 0 aromatic carbocycles. The molecule has 1 unspecified atom stereocenters. The average molecular weight is 306 g/mol. The van der Waals surface area contributed by atoms with Crippen molar-refractivity contribution in [3.05, 3.63) is 29.1 Å². The van der Waals surface area contributed by atoms with Gasteiger partial charge in [-0.25, -0.2) is 0 Å². The molecule has 1 atom stereocenters. The van der Waals surface area contributed by atoms with Gasteiger partial charge in [0.2, 0.25) is 0 Å². The first-order chi connectivity index (χ1) is 10.3. The Morgan fingerprint density at radius 3 is 3.19 bits per heavy atom. The van der Waals surface area contributed by atoms with E-state index < -0.39 is 0 Å². The molecule has 0 radical (unpaired) electrons. The van der Waals surface area contributed by atoms with Crippen molar-refractivity contribution in [1.29, 1.82) is 0 Å². The lowest BCUT2D eigenvalue weighted by molar-refractivity contribution is -0.113. The van der Waals surface area contributed by atoms with E-state index in [0.29, 0.717) is 10.7 Å². The summed E-state index contributed by atoms with van der Waals surface area (Å²) in [6.45, 7) is 1.07. The standard InChI is InChI=1S/C15H18N2O3S/c18-8-6-11-4-1-2-7-17(11)15-16-14(19)13(21-15)10-12-5-3-9-20-12/h3,5,9-11,18H,1-2,4,6-8H2/b13-10-. The SMILES string of the molecule is O=C1N=C(N2CCCCC2CCO)S/C1=C\c1ccco1. The fourth-order valence-electron chi connectivity index (χ4n) is 2.72. The van der Waals surface area contributed by atoms with Crippen LogP contribution in [0.25, 0.3) is 6.08 Å². The number of thioether (sulfide) groups is 1. The van der Waals surface area contributed by atoms with E-state index in [1.807, 2.05) is 6.07 Å². The Morgan fingerprint density at radius 2 is 2.43 bits per heavy atom. The monoisotopic (exact) mass is 306 g/mol. The maximum Gasteiger partial charge on any atom is 0.286 e. The second-order valence-electron chi connectivity index (χ2n) is 5.18. The third kappa shape index (κ3) is 3.22. The van der Waals surface area contributed by atoms with E-state index in [2.05, 4.69) is 9.89 Å². The lowest BCUT2D eigenvalue weighted by atomic mass is 10.0. The Balaban J connectivity index is 1.74. The molecule has 1 N–H and O–H groups in total. The van der Waals surface area contributed by atoms with Crippen LogP contribution in [0.5, 0.6) is 0 Å². The highest BCUT2D eigenvalue weighted by Gasteiger charge is 2.31. The van der Waals surface area contributed by atoms with Crippen molar-refractivity contribution >= 4 is 28.9 Å². The van der Waals surface area contributed by atoms with Gasteiger partial charge in [0.1, 0.15) is 5.76 Å². The maximum absolute atomic E-state index is 12.0. The van der Waals surface area contributed by atoms with Crippen LogP contribution in [0.3, 0.4) is 0 Å². The Morgan fingerprint density at radius 1 is 1.52 bits per heavy atom. The van der Waals surface area contributed by atoms with Gasteiger partial charge in [-0.15, -0.1) is 0 Å². The van der Waals surface area contributed by atoms with Crippen LogP contribution in [-0.2, 0) is 4.79 Å². The molecule has 3 rings (SSSR count). The predicted octanol–water partition coefficient (Wildman–Crippen LogP) is 2.49. The predicted molar refractivity (Wildman–Crippen MR) is 82.8 cm³/mol. The van der Waals surface area contributed by atoms with Crippen LogP contribution in [-0.4, -0.2) is 40.3 Å². The van der Waals surface area contributed by atoms with Crippen molar-refractivity contribution in [3.8, 4) is 0 Å². The Bertz CT molecular complexity index is 563. The van der Waals surface area contributed by atoms with Crippen molar-refractivity contribution in [3.63, 3.8) is 0 Å². The number of rotatable bonds is 3. The molecular formula is C15H18N2O3S. The summed E-state index contributed by atoms with van der Waals surface area (Å²) >= 11 is 1.40. The number of carbonyl (C=O) groups is 1. The van der Waals surface area contributed by atoms with Gasteiger partial charge in [0, 0.05) is 25.3 Å². The highest BCUT2D eigenvalue weighted by atomic mass is 32.2. The number of aliphatic hydroxyl groups is 1. The van der Waals surface area contributed by atoms with E-state index in [1.165, 1.54) is 18.2 Å². The summed E-state index contributed by atoms with van der Waals surface area (Å²) < 4.78 is 5.24. The molecule has 3 heterocycles. The summed E-state index contributed by atoms with van der Waals surface area (Å²) in [6.07, 6.45) is 7.36. The van der Waals surface area contributed by atoms with Crippen molar-refractivity contribution in [2.45, 2.75) is 31.7 Å². The zero-order valence-corrected chi connectivity index (χ0v) is 12.5. The van der Waals surface area contributed by atoms with E-state index in [4.69, 9.17) is 4.42 Å². The van der Waals surface area contributed by atoms with Gasteiger partial charge >= 0.3 is 0 Å². The summed E-state index contributed by atoms with van der Waals surface area (Å²) in [5, 5.41) is 9.95. The molecule has 0 aliphatic carbocycles. The zero-order chi connectivity index (χ0) is 14.7. The number of piperidine rings is 1. The summed E-state index contributed by atoms with van der Waals surface area (Å²) in [5.41, 5.74) is 0. The molecule has 1 amide bonds. The van der Waals surface area contributed by atoms with Gasteiger partial charge in [0.05, 0.1) is 11.2 Å². The van der Waals surface area contributed by atoms with Gasteiger partial charge in [0.25, 0.3) is 5.91 Å². The van der Waals surface area contributed by atoms with E-state index in [9.17, 15) is 9.90 Å². The second-order valence-corrected chi connectivity index (χ2v) is 6.19. The van der Waals surface area contributed by atoms with Crippen LogP contribution in [0, 0.1) is 0 Å². The van der Waals surface area contributed by atoms with E-state index >= 15 is 0 Å². The zero-order valence-electron chi connectivity index (χ0n) is 11.7. The molecule has 0 bridgehead atoms. The Kier molecular flexibility index (Phi) is 4.45. The quantitative estimate of drug-likeness (QED) is 0.869. The number of aliphatic hydroxyl groups excluding tert-OH is 1. The van der Waals surface area contributed by atoms with Crippen molar-refractivity contribution in [2.24, 2.45) is 4.99 Å². The van der Waals surface area contributed by atoms with Crippen LogP contribution in [0.4, 0.5) is 0 Å². The van der Waals surface area contributed by atoms with E-state index in [-0.39, 0.29) is 18.6 Å². The minimum absolute atomic E-state index is 0.169. The first kappa shape index (κ1) is 14.4. The average Bonchev–Trinajstić information content (AvgIpc) is 3.11. The highest BCUT2D eigenvalue weighted by Crippen LogP contribution is 2.33. The molecule has 1 aromatic rings. The third-order valence-electron chi connectivity index (χ3n) is 3.76. The van der Waals surface area contributed by atoms with Gasteiger partial charge in [-0.1, -0.05) is 0 Å². The minimum atomic E-state index is -0.209. The smallest absolute Gasteiger partial charge is 0.286 e. The van der Waals surface area contributed by atoms with Crippen LogP contribution >= 0.6 is 11.8 Å². The van der Waals surface area contributed by atoms with E-state index in [0.717, 1.165) is 31.0 Å². The molecule has 21 heavy (non-hydrogen) atoms. The van der Waals surface area contributed by atoms with Crippen molar-refractivity contribution < 1.29 is 14.3 Å². The van der Waals surface area contributed by atoms with Gasteiger partial charge in [-0.2, -0.15) is 4.99 Å². The molecule has 112 valence electrons. The Labute approximate surface area is 127 Å². The normalized spacial score (nSPS) is 24.7. The summed E-state index contributed by atoms with van der Waals surface area (Å²) in [6, 6.07) is 3.89. The fourth-order valence-corrected chi connectivity index (χ4v) is 3.72. The summed E-state index contributed by atoms with van der Waals surface area (Å²) in [5.74, 6) is 0.451. The fraction of sp³-hybridized carbons (Fsp3) is 0.467. The number of likely N-dealkylation sites (tertiary alicyclic amines) is 1.